The number of imidazole rings is 1. The van der Waals surface area contributed by atoms with Crippen LogP contribution in [0.4, 0.5) is 0 Å². The first-order valence-corrected chi connectivity index (χ1v) is 10.4. The van der Waals surface area contributed by atoms with Crippen molar-refractivity contribution in [2.75, 3.05) is 0 Å². The fraction of sp³-hybridized carbons (Fsp3) is 0.333. The van der Waals surface area contributed by atoms with Gasteiger partial charge in [0.15, 0.2) is 0 Å². The molecule has 0 saturated carbocycles. The summed E-state index contributed by atoms with van der Waals surface area (Å²) in [6.07, 6.45) is 10.4. The highest BCUT2D eigenvalue weighted by molar-refractivity contribution is 5.91. The Bertz CT molecular complexity index is 1150. The van der Waals surface area contributed by atoms with Crippen LogP contribution in [0.5, 0.6) is 0 Å². The van der Waals surface area contributed by atoms with Gasteiger partial charge in [-0.3, -0.25) is 9.78 Å². The molecule has 0 spiro atoms. The van der Waals surface area contributed by atoms with E-state index in [0.717, 1.165) is 65.8 Å². The van der Waals surface area contributed by atoms with Gasteiger partial charge in [-0.1, -0.05) is 25.0 Å². The van der Waals surface area contributed by atoms with Crippen LogP contribution in [0.3, 0.4) is 0 Å². The lowest BCUT2D eigenvalue weighted by atomic mass is 10.1. The molecule has 0 aliphatic rings. The predicted octanol–water partition coefficient (Wildman–Crippen LogP) is 5.31. The number of benzene rings is 1. The van der Waals surface area contributed by atoms with Gasteiger partial charge in [0.1, 0.15) is 12.1 Å². The van der Waals surface area contributed by atoms with Gasteiger partial charge in [0.2, 0.25) is 5.78 Å². The molecule has 0 saturated heterocycles. The first-order valence-electron chi connectivity index (χ1n) is 10.4. The lowest BCUT2D eigenvalue weighted by Gasteiger charge is -2.02. The van der Waals surface area contributed by atoms with E-state index in [0.29, 0.717) is 6.42 Å². The molecule has 154 valence electrons. The second kappa shape index (κ2) is 9.03. The second-order valence-corrected chi connectivity index (χ2v) is 7.69. The lowest BCUT2D eigenvalue weighted by molar-refractivity contribution is 0.0945. The molecule has 6 heteroatoms. The fourth-order valence-corrected chi connectivity index (χ4v) is 3.65. The largest absolute Gasteiger partial charge is 0.442 e. The van der Waals surface area contributed by atoms with Crippen LogP contribution < -0.4 is 0 Å². The Morgan fingerprint density at radius 2 is 1.93 bits per heavy atom. The molecule has 6 nitrogen and oxygen atoms in total. The summed E-state index contributed by atoms with van der Waals surface area (Å²) in [5.74, 6) is 1.28. The smallest absolute Gasteiger partial charge is 0.263 e. The maximum absolute atomic E-state index is 11.9. The summed E-state index contributed by atoms with van der Waals surface area (Å²) in [5.41, 5.74) is 4.14. The second-order valence-electron chi connectivity index (χ2n) is 7.69. The monoisotopic (exact) mass is 402 g/mol. The van der Waals surface area contributed by atoms with Crippen LogP contribution in [0.25, 0.3) is 22.2 Å². The molecule has 0 unspecified atom stereocenters. The zero-order valence-corrected chi connectivity index (χ0v) is 17.5. The number of fused-ring (bicyclic) bond motifs is 1. The molecule has 0 atom stereocenters. The van der Waals surface area contributed by atoms with E-state index in [-0.39, 0.29) is 11.7 Å². The van der Waals surface area contributed by atoms with E-state index < -0.39 is 0 Å². The van der Waals surface area contributed by atoms with Gasteiger partial charge in [0.25, 0.3) is 5.89 Å². The van der Waals surface area contributed by atoms with Crippen LogP contribution in [0.15, 0.2) is 53.4 Å². The number of aromatic nitrogens is 4. The average Bonchev–Trinajstić information content (AvgIpc) is 3.40. The summed E-state index contributed by atoms with van der Waals surface area (Å²) in [7, 11) is 2.05. The molecular formula is C24H26N4O2. The fourth-order valence-electron chi connectivity index (χ4n) is 3.65. The molecule has 0 bridgehead atoms. The molecular weight excluding hydrogens is 376 g/mol. The van der Waals surface area contributed by atoms with E-state index in [1.54, 1.807) is 0 Å². The Balaban J connectivity index is 1.29. The highest BCUT2D eigenvalue weighted by atomic mass is 16.3. The third-order valence-electron chi connectivity index (χ3n) is 5.32. The number of nitrogens with zero attached hydrogens (tertiary/aromatic N) is 4. The molecule has 0 aliphatic heterocycles. The van der Waals surface area contributed by atoms with Crippen molar-refractivity contribution in [2.45, 2.75) is 45.4 Å². The number of unbranched alkanes of at least 4 members (excludes halogenated alkanes) is 3. The number of oxazole rings is 1. The van der Waals surface area contributed by atoms with Crippen molar-refractivity contribution in [1.29, 1.82) is 0 Å². The Labute approximate surface area is 176 Å². The third-order valence-corrected chi connectivity index (χ3v) is 5.32. The van der Waals surface area contributed by atoms with Gasteiger partial charge in [-0.05, 0) is 38.0 Å². The molecule has 4 rings (SSSR count). The summed E-state index contributed by atoms with van der Waals surface area (Å²) in [4.78, 5) is 25.2. The molecule has 3 heterocycles. The number of aryl methyl sites for hydroxylation is 3. The zero-order valence-electron chi connectivity index (χ0n) is 17.5. The van der Waals surface area contributed by atoms with E-state index in [1.165, 1.54) is 12.5 Å². The number of hydrogen-bond acceptors (Lipinski definition) is 5. The molecule has 3 aromatic heterocycles. The minimum Gasteiger partial charge on any atom is -0.442 e. The molecule has 0 N–H and O–H groups in total. The van der Waals surface area contributed by atoms with Crippen molar-refractivity contribution < 1.29 is 9.21 Å². The maximum atomic E-state index is 11.9. The highest BCUT2D eigenvalue weighted by Gasteiger charge is 2.11. The first-order chi connectivity index (χ1) is 14.6. The maximum Gasteiger partial charge on any atom is 0.263 e. The number of carbonyl (C=O) groups excluding carboxylic acids is 1. The Hall–Kier alpha value is -3.28. The van der Waals surface area contributed by atoms with Crippen molar-refractivity contribution in [2.24, 2.45) is 7.05 Å². The summed E-state index contributed by atoms with van der Waals surface area (Å²) in [5, 5.41) is 1.13. The molecule has 1 aromatic carbocycles. The van der Waals surface area contributed by atoms with Crippen LogP contribution in [0, 0.1) is 6.92 Å². The van der Waals surface area contributed by atoms with Crippen molar-refractivity contribution >= 4 is 16.7 Å². The average molecular weight is 402 g/mol. The number of rotatable bonds is 9. The Kier molecular flexibility index (Phi) is 6.02. The molecule has 0 aliphatic carbocycles. The summed E-state index contributed by atoms with van der Waals surface area (Å²) < 4.78 is 7.15. The van der Waals surface area contributed by atoms with E-state index in [2.05, 4.69) is 45.0 Å². The van der Waals surface area contributed by atoms with Crippen LogP contribution in [-0.4, -0.2) is 25.3 Å². The molecule has 30 heavy (non-hydrogen) atoms. The summed E-state index contributed by atoms with van der Waals surface area (Å²) >= 11 is 0. The van der Waals surface area contributed by atoms with Crippen molar-refractivity contribution in [1.82, 2.24) is 19.5 Å². The van der Waals surface area contributed by atoms with Gasteiger partial charge in [-0.15, -0.1) is 0 Å². The molecule has 0 amide bonds. The van der Waals surface area contributed by atoms with Crippen molar-refractivity contribution in [3.05, 3.63) is 66.4 Å². The van der Waals surface area contributed by atoms with Crippen LogP contribution in [0.2, 0.25) is 0 Å². The molecule has 4 aromatic rings. The van der Waals surface area contributed by atoms with Gasteiger partial charge in [0, 0.05) is 42.7 Å². The van der Waals surface area contributed by atoms with Gasteiger partial charge < -0.3 is 8.98 Å². The minimum absolute atomic E-state index is 0.0190. The van der Waals surface area contributed by atoms with Gasteiger partial charge in [-0.25, -0.2) is 9.97 Å². The van der Waals surface area contributed by atoms with E-state index in [9.17, 15) is 4.79 Å². The van der Waals surface area contributed by atoms with E-state index in [4.69, 9.17) is 9.40 Å². The topological polar surface area (TPSA) is 73.8 Å². The standard InChI is InChI=1S/C24H26N4O2/c1-17-9-10-18-15-19(11-12-20(18)26-17)21-16-28(2)23(27-21)8-6-4-3-5-7-22(29)24-25-13-14-30-24/h9-16H,3-8H2,1-2H3. The number of pyridine rings is 1. The van der Waals surface area contributed by atoms with Crippen LogP contribution in [0.1, 0.15) is 54.3 Å². The zero-order chi connectivity index (χ0) is 20.9. The van der Waals surface area contributed by atoms with Gasteiger partial charge >= 0.3 is 0 Å². The van der Waals surface area contributed by atoms with Gasteiger partial charge in [-0.2, -0.15) is 0 Å². The van der Waals surface area contributed by atoms with E-state index in [1.807, 2.05) is 20.0 Å². The Morgan fingerprint density at radius 1 is 1.07 bits per heavy atom. The first kappa shape index (κ1) is 20.0. The third kappa shape index (κ3) is 4.64. The minimum atomic E-state index is -0.0190. The summed E-state index contributed by atoms with van der Waals surface area (Å²) in [6, 6.07) is 10.4. The number of Topliss-reactive ketones (excluding diaryl/α,β-unsaturated/α-hetero) is 1. The SMILES string of the molecule is Cc1ccc2cc(-c3cn(C)c(CCCCCCC(=O)c4ncco4)n3)ccc2n1. The quantitative estimate of drug-likeness (QED) is 0.280. The molecule has 0 fully saturated rings. The van der Waals surface area contributed by atoms with Crippen LogP contribution in [-0.2, 0) is 13.5 Å². The van der Waals surface area contributed by atoms with Gasteiger partial charge in [0.05, 0.1) is 17.4 Å². The number of hydrogen-bond donors (Lipinski definition) is 0. The van der Waals surface area contributed by atoms with Crippen molar-refractivity contribution in [3.8, 4) is 11.3 Å². The number of carbonyl (C=O) groups is 1. The highest BCUT2D eigenvalue weighted by Crippen LogP contribution is 2.24. The predicted molar refractivity (Wildman–Crippen MR) is 116 cm³/mol. The normalized spacial score (nSPS) is 11.3. The van der Waals surface area contributed by atoms with E-state index >= 15 is 0 Å². The number of ketones is 1. The van der Waals surface area contributed by atoms with Crippen molar-refractivity contribution in [3.63, 3.8) is 0 Å². The lowest BCUT2D eigenvalue weighted by Crippen LogP contribution is -1.99. The Morgan fingerprint density at radius 3 is 2.77 bits per heavy atom. The van der Waals surface area contributed by atoms with Crippen LogP contribution >= 0.6 is 0 Å². The molecule has 0 radical (unpaired) electrons. The summed E-state index contributed by atoms with van der Waals surface area (Å²) in [6.45, 7) is 2.01.